The lowest BCUT2D eigenvalue weighted by Gasteiger charge is -2.21. The van der Waals surface area contributed by atoms with E-state index in [4.69, 9.17) is 5.73 Å². The number of nitrogen functional groups attached to an aromatic ring is 1. The number of aromatic nitrogens is 5. The van der Waals surface area contributed by atoms with Gasteiger partial charge in [0.25, 0.3) is 11.5 Å². The van der Waals surface area contributed by atoms with Crippen molar-refractivity contribution in [1.82, 2.24) is 29.5 Å². The third kappa shape index (κ3) is 3.60. The summed E-state index contributed by atoms with van der Waals surface area (Å²) in [5.74, 6) is -0.279. The van der Waals surface area contributed by atoms with Gasteiger partial charge in [-0.25, -0.2) is 9.50 Å². The van der Waals surface area contributed by atoms with E-state index in [1.165, 1.54) is 4.52 Å². The van der Waals surface area contributed by atoms with Gasteiger partial charge < -0.3 is 15.6 Å². The second-order valence-corrected chi connectivity index (χ2v) is 9.27. The molecule has 36 heavy (non-hydrogen) atoms. The first-order valence-electron chi connectivity index (χ1n) is 11.9. The highest BCUT2D eigenvalue weighted by Crippen LogP contribution is 2.38. The predicted octanol–water partition coefficient (Wildman–Crippen LogP) is 3.82. The van der Waals surface area contributed by atoms with Gasteiger partial charge in [-0.15, -0.1) is 5.10 Å². The number of nitrogens with one attached hydrogen (secondary N) is 1. The third-order valence-electron chi connectivity index (χ3n) is 6.67. The monoisotopic (exact) mass is 479 g/mol. The van der Waals surface area contributed by atoms with E-state index in [9.17, 15) is 9.59 Å². The molecule has 4 heterocycles. The Morgan fingerprint density at radius 3 is 2.75 bits per heavy atom. The molecule has 3 N–H and O–H groups in total. The molecule has 1 saturated carbocycles. The highest BCUT2D eigenvalue weighted by atomic mass is 16.2. The van der Waals surface area contributed by atoms with Crippen molar-refractivity contribution in [1.29, 1.82) is 0 Å². The van der Waals surface area contributed by atoms with Crippen LogP contribution < -0.4 is 16.6 Å². The second kappa shape index (κ2) is 8.30. The molecule has 6 rings (SSSR count). The number of rotatable bonds is 5. The van der Waals surface area contributed by atoms with Crippen LogP contribution in [-0.4, -0.2) is 30.1 Å². The first-order chi connectivity index (χ1) is 17.4. The fourth-order valence-corrected chi connectivity index (χ4v) is 4.86. The molecule has 0 unspecified atom stereocenters. The Kier molecular flexibility index (Phi) is 5.06. The van der Waals surface area contributed by atoms with E-state index in [0.717, 1.165) is 40.7 Å². The van der Waals surface area contributed by atoms with Crippen LogP contribution in [0.5, 0.6) is 0 Å². The molecule has 1 amide bonds. The number of carbonyl (C=O) groups is 1. The van der Waals surface area contributed by atoms with E-state index in [1.807, 2.05) is 54.8 Å². The summed E-state index contributed by atoms with van der Waals surface area (Å²) in [6.45, 7) is 3.81. The van der Waals surface area contributed by atoms with Crippen molar-refractivity contribution in [3.05, 3.63) is 88.4 Å². The smallest absolute Gasteiger partial charge is 0.259 e. The van der Waals surface area contributed by atoms with Gasteiger partial charge in [-0.2, -0.15) is 0 Å². The molecule has 1 aliphatic rings. The number of carbonyl (C=O) groups excluding carboxylic acids is 1. The number of nitrogens with two attached hydrogens (primary N) is 1. The number of amides is 1. The van der Waals surface area contributed by atoms with Crippen LogP contribution in [0.15, 0.2) is 65.8 Å². The lowest BCUT2D eigenvalue weighted by Crippen LogP contribution is -2.32. The van der Waals surface area contributed by atoms with Crippen LogP contribution in [0.3, 0.4) is 0 Å². The van der Waals surface area contributed by atoms with Crippen molar-refractivity contribution in [2.45, 2.75) is 38.8 Å². The summed E-state index contributed by atoms with van der Waals surface area (Å²) in [6.07, 6.45) is 6.90. The Balaban J connectivity index is 1.45. The van der Waals surface area contributed by atoms with Crippen molar-refractivity contribution >= 4 is 28.1 Å². The number of hydrogen-bond acceptors (Lipinski definition) is 6. The molecule has 1 aliphatic carbocycles. The fourth-order valence-electron chi connectivity index (χ4n) is 4.86. The molecule has 5 aromatic rings. The van der Waals surface area contributed by atoms with Crippen LogP contribution in [-0.2, 0) is 0 Å². The summed E-state index contributed by atoms with van der Waals surface area (Å²) in [5, 5.41) is 8.71. The van der Waals surface area contributed by atoms with Crippen LogP contribution >= 0.6 is 0 Å². The van der Waals surface area contributed by atoms with Gasteiger partial charge >= 0.3 is 0 Å². The molecule has 1 atom stereocenters. The highest BCUT2D eigenvalue weighted by molar-refractivity contribution is 6.04. The molecule has 0 radical (unpaired) electrons. The maximum atomic E-state index is 13.9. The minimum atomic E-state index is -0.444. The quantitative estimate of drug-likeness (QED) is 0.395. The fraction of sp³-hybridized carbons (Fsp3) is 0.222. The highest BCUT2D eigenvalue weighted by Gasteiger charge is 2.31. The molecule has 9 nitrogen and oxygen atoms in total. The molecule has 0 bridgehead atoms. The zero-order valence-corrected chi connectivity index (χ0v) is 20.0. The summed E-state index contributed by atoms with van der Waals surface area (Å²) in [6, 6.07) is 13.2. The lowest BCUT2D eigenvalue weighted by molar-refractivity contribution is 0.0940. The lowest BCUT2D eigenvalue weighted by atomic mass is 9.98. The van der Waals surface area contributed by atoms with Crippen molar-refractivity contribution in [3.63, 3.8) is 0 Å². The van der Waals surface area contributed by atoms with Crippen LogP contribution in [0.4, 0.5) is 5.82 Å². The summed E-state index contributed by atoms with van der Waals surface area (Å²) in [7, 11) is 0. The Morgan fingerprint density at radius 2 is 1.97 bits per heavy atom. The Labute approximate surface area is 206 Å². The number of pyridine rings is 2. The standard InChI is InChI=1S/C27H25N7O2/c1-15-13-17(9-11-29-15)20-6-3-5-18-14-21(34(19-7-8-19)27(36)22(18)20)16(2)31-26(35)23-24(28)32-33-12-4-10-30-25(23)33/h3-6,9-14,16,19H,7-8H2,1-2H3,(H2,28,32)(H,31,35)/t16-/m0/s1. The largest absolute Gasteiger partial charge is 0.381 e. The molecule has 1 fully saturated rings. The van der Waals surface area contributed by atoms with Crippen LogP contribution in [0.1, 0.15) is 53.6 Å². The van der Waals surface area contributed by atoms with Gasteiger partial charge in [0, 0.05) is 36.0 Å². The topological polar surface area (TPSA) is 120 Å². The number of anilines is 1. The van der Waals surface area contributed by atoms with Crippen LogP contribution in [0.25, 0.3) is 27.5 Å². The maximum Gasteiger partial charge on any atom is 0.259 e. The Morgan fingerprint density at radius 1 is 1.14 bits per heavy atom. The SMILES string of the molecule is Cc1cc(-c2cccc3cc([C@H](C)NC(=O)c4c(N)nn5cccnc45)n(C4CC4)c(=O)c23)ccn1. The van der Waals surface area contributed by atoms with E-state index >= 15 is 0 Å². The van der Waals surface area contributed by atoms with Crippen molar-refractivity contribution in [2.24, 2.45) is 0 Å². The number of hydrogen-bond donors (Lipinski definition) is 2. The predicted molar refractivity (Wildman–Crippen MR) is 138 cm³/mol. The first-order valence-corrected chi connectivity index (χ1v) is 11.9. The maximum absolute atomic E-state index is 13.9. The number of nitrogens with zero attached hydrogens (tertiary/aromatic N) is 5. The summed E-state index contributed by atoms with van der Waals surface area (Å²) >= 11 is 0. The van der Waals surface area contributed by atoms with Crippen molar-refractivity contribution in [3.8, 4) is 11.1 Å². The normalized spacial score (nSPS) is 14.3. The molecule has 4 aromatic heterocycles. The molecule has 180 valence electrons. The first kappa shape index (κ1) is 22.0. The second-order valence-electron chi connectivity index (χ2n) is 9.27. The van der Waals surface area contributed by atoms with E-state index in [0.29, 0.717) is 11.0 Å². The average Bonchev–Trinajstić information content (AvgIpc) is 3.64. The van der Waals surface area contributed by atoms with E-state index < -0.39 is 6.04 Å². The van der Waals surface area contributed by atoms with Gasteiger partial charge in [0.2, 0.25) is 0 Å². The molecular weight excluding hydrogens is 454 g/mol. The zero-order chi connectivity index (χ0) is 25.0. The number of benzene rings is 1. The number of aryl methyl sites for hydroxylation is 1. The Bertz CT molecular complexity index is 1720. The molecule has 1 aromatic carbocycles. The average molecular weight is 480 g/mol. The minimum Gasteiger partial charge on any atom is -0.381 e. The van der Waals surface area contributed by atoms with Crippen molar-refractivity contribution in [2.75, 3.05) is 5.73 Å². The van der Waals surface area contributed by atoms with Gasteiger partial charge in [0.1, 0.15) is 5.56 Å². The van der Waals surface area contributed by atoms with Gasteiger partial charge in [-0.05, 0) is 67.5 Å². The molecule has 9 heteroatoms. The zero-order valence-electron chi connectivity index (χ0n) is 20.0. The van der Waals surface area contributed by atoms with Gasteiger partial charge in [0.05, 0.1) is 11.4 Å². The third-order valence-corrected chi connectivity index (χ3v) is 6.67. The number of fused-ring (bicyclic) bond motifs is 2. The van der Waals surface area contributed by atoms with Gasteiger partial charge in [0.15, 0.2) is 11.5 Å². The van der Waals surface area contributed by atoms with E-state index in [2.05, 4.69) is 20.4 Å². The Hall–Kier alpha value is -4.53. The van der Waals surface area contributed by atoms with Crippen LogP contribution in [0, 0.1) is 6.92 Å². The van der Waals surface area contributed by atoms with Gasteiger partial charge in [-0.1, -0.05) is 18.2 Å². The van der Waals surface area contributed by atoms with E-state index in [1.54, 1.807) is 24.7 Å². The summed E-state index contributed by atoms with van der Waals surface area (Å²) < 4.78 is 3.33. The molecule has 0 aliphatic heterocycles. The minimum absolute atomic E-state index is 0.0478. The molecular formula is C27H25N7O2. The molecule has 0 spiro atoms. The van der Waals surface area contributed by atoms with Crippen LogP contribution in [0.2, 0.25) is 0 Å². The molecule has 0 saturated heterocycles. The van der Waals surface area contributed by atoms with E-state index in [-0.39, 0.29) is 28.9 Å². The summed E-state index contributed by atoms with van der Waals surface area (Å²) in [5.41, 5.74) is 10.1. The summed E-state index contributed by atoms with van der Waals surface area (Å²) in [4.78, 5) is 35.8. The van der Waals surface area contributed by atoms with Gasteiger partial charge in [-0.3, -0.25) is 14.6 Å². The van der Waals surface area contributed by atoms with Crippen molar-refractivity contribution < 1.29 is 4.79 Å².